The van der Waals surface area contributed by atoms with E-state index in [0.29, 0.717) is 5.76 Å². The first-order valence-electron chi connectivity index (χ1n) is 3.20. The standard InChI is InChI=1S/C6H8N4O2/c1-4-2-5(10-12-4)6(11)8-3-9-7/h2-3H,7H2,1H3,(H,8,9,11). The van der Waals surface area contributed by atoms with Crippen molar-refractivity contribution >= 4 is 12.2 Å². The lowest BCUT2D eigenvalue weighted by Crippen LogP contribution is -2.22. The molecule has 0 unspecified atom stereocenters. The Morgan fingerprint density at radius 2 is 2.67 bits per heavy atom. The molecule has 0 fully saturated rings. The molecule has 0 aliphatic heterocycles. The summed E-state index contributed by atoms with van der Waals surface area (Å²) in [6, 6.07) is 1.51. The first kappa shape index (κ1) is 8.25. The number of nitrogens with one attached hydrogen (secondary N) is 1. The Morgan fingerprint density at radius 1 is 1.92 bits per heavy atom. The summed E-state index contributed by atoms with van der Waals surface area (Å²) in [6.07, 6.45) is 1.08. The van der Waals surface area contributed by atoms with Gasteiger partial charge in [0.15, 0.2) is 5.69 Å². The van der Waals surface area contributed by atoms with Crippen LogP contribution in [-0.4, -0.2) is 17.4 Å². The first-order valence-corrected chi connectivity index (χ1v) is 3.20. The third kappa shape index (κ3) is 1.82. The minimum atomic E-state index is -0.402. The van der Waals surface area contributed by atoms with E-state index in [-0.39, 0.29) is 5.69 Å². The molecule has 6 heteroatoms. The largest absolute Gasteiger partial charge is 0.361 e. The second-order valence-electron chi connectivity index (χ2n) is 2.07. The number of carbonyl (C=O) groups is 1. The summed E-state index contributed by atoms with van der Waals surface area (Å²) in [4.78, 5) is 11.0. The number of hydrogen-bond acceptors (Lipinski definition) is 5. The molecule has 1 aromatic heterocycles. The highest BCUT2D eigenvalue weighted by Crippen LogP contribution is 1.99. The van der Waals surface area contributed by atoms with Crippen LogP contribution in [0.15, 0.2) is 15.7 Å². The van der Waals surface area contributed by atoms with E-state index in [2.05, 4.69) is 20.1 Å². The number of aromatic nitrogens is 1. The molecular formula is C6H8N4O2. The molecule has 1 amide bonds. The minimum Gasteiger partial charge on any atom is -0.361 e. The number of carbonyl (C=O) groups excluding carboxylic acids is 1. The summed E-state index contributed by atoms with van der Waals surface area (Å²) < 4.78 is 4.68. The van der Waals surface area contributed by atoms with Gasteiger partial charge in [-0.2, -0.15) is 5.10 Å². The van der Waals surface area contributed by atoms with E-state index in [0.717, 1.165) is 6.34 Å². The van der Waals surface area contributed by atoms with Gasteiger partial charge in [0.05, 0.1) is 0 Å². The Balaban J connectivity index is 2.65. The molecule has 0 aromatic carbocycles. The molecule has 12 heavy (non-hydrogen) atoms. The summed E-state index contributed by atoms with van der Waals surface area (Å²) in [6.45, 7) is 1.70. The summed E-state index contributed by atoms with van der Waals surface area (Å²) in [7, 11) is 0. The molecule has 0 aliphatic rings. The highest BCUT2D eigenvalue weighted by Gasteiger charge is 2.08. The average molecular weight is 168 g/mol. The smallest absolute Gasteiger partial charge is 0.278 e. The Labute approximate surface area is 68.4 Å². The van der Waals surface area contributed by atoms with Crippen LogP contribution in [0.4, 0.5) is 0 Å². The zero-order valence-electron chi connectivity index (χ0n) is 6.44. The molecule has 0 aliphatic carbocycles. The Morgan fingerprint density at radius 3 is 3.17 bits per heavy atom. The molecule has 1 rings (SSSR count). The minimum absolute atomic E-state index is 0.201. The molecule has 3 N–H and O–H groups in total. The van der Waals surface area contributed by atoms with Crippen molar-refractivity contribution in [1.82, 2.24) is 10.5 Å². The SMILES string of the molecule is Cc1cc(C(=O)NC=NN)no1. The van der Waals surface area contributed by atoms with E-state index < -0.39 is 5.91 Å². The van der Waals surface area contributed by atoms with Crippen molar-refractivity contribution < 1.29 is 9.32 Å². The average Bonchev–Trinajstić information content (AvgIpc) is 2.47. The van der Waals surface area contributed by atoms with Crippen molar-refractivity contribution in [2.75, 3.05) is 0 Å². The van der Waals surface area contributed by atoms with Crippen molar-refractivity contribution in [3.05, 3.63) is 17.5 Å². The van der Waals surface area contributed by atoms with Gasteiger partial charge in [-0.05, 0) is 6.92 Å². The van der Waals surface area contributed by atoms with Gasteiger partial charge >= 0.3 is 0 Å². The van der Waals surface area contributed by atoms with E-state index in [1.54, 1.807) is 6.92 Å². The summed E-state index contributed by atoms with van der Waals surface area (Å²) in [5.74, 6) is 4.94. The van der Waals surface area contributed by atoms with E-state index in [1.165, 1.54) is 6.07 Å². The Bertz CT molecular complexity index is 304. The fraction of sp³-hybridized carbons (Fsp3) is 0.167. The molecule has 0 saturated carbocycles. The zero-order chi connectivity index (χ0) is 8.97. The van der Waals surface area contributed by atoms with Crippen molar-refractivity contribution in [1.29, 1.82) is 0 Å². The normalized spacial score (nSPS) is 10.4. The van der Waals surface area contributed by atoms with E-state index in [1.807, 2.05) is 0 Å². The fourth-order valence-electron chi connectivity index (χ4n) is 0.643. The lowest BCUT2D eigenvalue weighted by Gasteiger charge is -1.90. The van der Waals surface area contributed by atoms with Crippen LogP contribution in [0.1, 0.15) is 16.2 Å². The fourth-order valence-corrected chi connectivity index (χ4v) is 0.643. The molecule has 1 heterocycles. The van der Waals surface area contributed by atoms with Crippen molar-refractivity contribution in [2.45, 2.75) is 6.92 Å². The maximum Gasteiger partial charge on any atom is 0.278 e. The van der Waals surface area contributed by atoms with Crippen LogP contribution in [0.25, 0.3) is 0 Å². The summed E-state index contributed by atoms with van der Waals surface area (Å²) in [5.41, 5.74) is 0.201. The molecule has 64 valence electrons. The van der Waals surface area contributed by atoms with Crippen LogP contribution in [0.2, 0.25) is 0 Å². The van der Waals surface area contributed by atoms with Gasteiger partial charge in [-0.15, -0.1) is 0 Å². The monoisotopic (exact) mass is 168 g/mol. The molecule has 0 atom stereocenters. The van der Waals surface area contributed by atoms with E-state index in [4.69, 9.17) is 5.84 Å². The molecule has 6 nitrogen and oxygen atoms in total. The number of nitrogens with zero attached hydrogens (tertiary/aromatic N) is 2. The number of rotatable bonds is 2. The maximum atomic E-state index is 11.0. The van der Waals surface area contributed by atoms with E-state index >= 15 is 0 Å². The second kappa shape index (κ2) is 3.51. The predicted molar refractivity (Wildman–Crippen MR) is 41.4 cm³/mol. The van der Waals surface area contributed by atoms with Gasteiger partial charge in [-0.3, -0.25) is 4.79 Å². The topological polar surface area (TPSA) is 93.5 Å². The molecule has 1 aromatic rings. The molecule has 0 radical (unpaired) electrons. The van der Waals surface area contributed by atoms with Gasteiger partial charge in [-0.1, -0.05) is 5.16 Å². The van der Waals surface area contributed by atoms with E-state index in [9.17, 15) is 4.79 Å². The molecular weight excluding hydrogens is 160 g/mol. The number of aryl methyl sites for hydroxylation is 1. The highest BCUT2D eigenvalue weighted by atomic mass is 16.5. The van der Waals surface area contributed by atoms with Gasteiger partial charge in [0.1, 0.15) is 12.1 Å². The quantitative estimate of drug-likeness (QED) is 0.272. The van der Waals surface area contributed by atoms with Crippen LogP contribution in [-0.2, 0) is 0 Å². The zero-order valence-corrected chi connectivity index (χ0v) is 6.44. The Hall–Kier alpha value is -1.85. The van der Waals surface area contributed by atoms with Gasteiger partial charge in [0, 0.05) is 6.07 Å². The maximum absolute atomic E-state index is 11.0. The molecule has 0 bridgehead atoms. The van der Waals surface area contributed by atoms with Crippen LogP contribution < -0.4 is 11.2 Å². The number of amides is 1. The molecule has 0 saturated heterocycles. The lowest BCUT2D eigenvalue weighted by molar-refractivity contribution is 0.0969. The predicted octanol–water partition coefficient (Wildman–Crippen LogP) is -0.385. The number of hydrogen-bond donors (Lipinski definition) is 2. The molecule has 0 spiro atoms. The highest BCUT2D eigenvalue weighted by molar-refractivity contribution is 5.98. The lowest BCUT2D eigenvalue weighted by atomic mass is 10.4. The van der Waals surface area contributed by atoms with Crippen LogP contribution >= 0.6 is 0 Å². The second-order valence-corrected chi connectivity index (χ2v) is 2.07. The van der Waals surface area contributed by atoms with Crippen molar-refractivity contribution in [3.63, 3.8) is 0 Å². The van der Waals surface area contributed by atoms with Gasteiger partial charge in [-0.25, -0.2) is 0 Å². The van der Waals surface area contributed by atoms with Gasteiger partial charge in [0.25, 0.3) is 5.91 Å². The van der Waals surface area contributed by atoms with Gasteiger partial charge < -0.3 is 15.7 Å². The first-order chi connectivity index (χ1) is 5.74. The number of nitrogens with two attached hydrogens (primary N) is 1. The third-order valence-electron chi connectivity index (χ3n) is 1.13. The van der Waals surface area contributed by atoms with Crippen LogP contribution in [0, 0.1) is 6.92 Å². The van der Waals surface area contributed by atoms with Gasteiger partial charge in [0.2, 0.25) is 0 Å². The van der Waals surface area contributed by atoms with Crippen molar-refractivity contribution in [3.8, 4) is 0 Å². The van der Waals surface area contributed by atoms with Crippen molar-refractivity contribution in [2.24, 2.45) is 10.9 Å². The van der Waals surface area contributed by atoms with Crippen LogP contribution in [0.3, 0.4) is 0 Å². The third-order valence-corrected chi connectivity index (χ3v) is 1.13. The number of hydrazone groups is 1. The summed E-state index contributed by atoms with van der Waals surface area (Å²) >= 11 is 0. The Kier molecular flexibility index (Phi) is 2.42. The van der Waals surface area contributed by atoms with Crippen LogP contribution in [0.5, 0.6) is 0 Å². The summed E-state index contributed by atoms with van der Waals surface area (Å²) in [5, 5.41) is 8.86.